The molecule has 1 saturated carbocycles. The van der Waals surface area contributed by atoms with E-state index in [0.717, 1.165) is 55.7 Å². The molecule has 22 heavy (non-hydrogen) atoms. The van der Waals surface area contributed by atoms with E-state index < -0.39 is 0 Å². The van der Waals surface area contributed by atoms with Crippen LogP contribution in [-0.2, 0) is 4.79 Å². The summed E-state index contributed by atoms with van der Waals surface area (Å²) in [5.74, 6) is 1.99. The summed E-state index contributed by atoms with van der Waals surface area (Å²) in [6.45, 7) is 1.13. The van der Waals surface area contributed by atoms with Crippen LogP contribution in [0.25, 0.3) is 0 Å². The van der Waals surface area contributed by atoms with Crippen molar-refractivity contribution in [2.24, 2.45) is 11.7 Å². The van der Waals surface area contributed by atoms with E-state index in [-0.39, 0.29) is 30.7 Å². The Morgan fingerprint density at radius 3 is 2.86 bits per heavy atom. The molecule has 0 radical (unpaired) electrons. The number of hydrogen-bond donors (Lipinski definition) is 1. The summed E-state index contributed by atoms with van der Waals surface area (Å²) < 4.78 is 10.8. The van der Waals surface area contributed by atoms with E-state index in [4.69, 9.17) is 15.2 Å². The third-order valence-electron chi connectivity index (χ3n) is 5.14. The summed E-state index contributed by atoms with van der Waals surface area (Å²) in [7, 11) is 0. The van der Waals surface area contributed by atoms with E-state index in [1.165, 1.54) is 0 Å². The molecule has 2 aliphatic heterocycles. The lowest BCUT2D eigenvalue weighted by molar-refractivity contribution is -0.136. The van der Waals surface area contributed by atoms with Gasteiger partial charge in [-0.05, 0) is 49.8 Å². The molecule has 0 bridgehead atoms. The van der Waals surface area contributed by atoms with Crippen molar-refractivity contribution in [3.63, 3.8) is 0 Å². The maximum absolute atomic E-state index is 12.8. The fraction of sp³-hybridized carbons (Fsp3) is 0.588. The summed E-state index contributed by atoms with van der Waals surface area (Å²) >= 11 is 0. The van der Waals surface area contributed by atoms with E-state index in [2.05, 4.69) is 11.0 Å². The monoisotopic (exact) mass is 302 g/mol. The van der Waals surface area contributed by atoms with Gasteiger partial charge in [-0.25, -0.2) is 0 Å². The molecular formula is C17H22N2O3. The first-order valence-electron chi connectivity index (χ1n) is 8.18. The third kappa shape index (κ3) is 2.33. The summed E-state index contributed by atoms with van der Waals surface area (Å²) in [6, 6.07) is 6.40. The smallest absolute Gasteiger partial charge is 0.231 e. The molecule has 5 heteroatoms. The summed E-state index contributed by atoms with van der Waals surface area (Å²) in [6.07, 6.45) is 4.82. The van der Waals surface area contributed by atoms with Gasteiger partial charge >= 0.3 is 0 Å². The maximum atomic E-state index is 12.8. The minimum Gasteiger partial charge on any atom is -0.454 e. The highest BCUT2D eigenvalue weighted by Gasteiger charge is 2.37. The van der Waals surface area contributed by atoms with Crippen LogP contribution in [-0.4, -0.2) is 30.2 Å². The highest BCUT2D eigenvalue weighted by molar-refractivity contribution is 5.80. The van der Waals surface area contributed by atoms with Crippen molar-refractivity contribution < 1.29 is 14.3 Å². The van der Waals surface area contributed by atoms with Crippen LogP contribution in [0.1, 0.15) is 43.7 Å². The predicted octanol–water partition coefficient (Wildman–Crippen LogP) is 2.21. The summed E-state index contributed by atoms with van der Waals surface area (Å²) in [5, 5.41) is 0. The number of rotatable bonds is 2. The molecule has 0 aromatic heterocycles. The molecule has 2 heterocycles. The van der Waals surface area contributed by atoms with Gasteiger partial charge in [0.1, 0.15) is 0 Å². The largest absolute Gasteiger partial charge is 0.454 e. The van der Waals surface area contributed by atoms with Crippen molar-refractivity contribution in [3.8, 4) is 11.5 Å². The standard InChI is InChI=1S/C17H22N2O3/c18-13-5-3-12(8-13)17(20)19-7-1-2-14(19)11-4-6-15-16(9-11)22-10-21-15/h4,6,9,12-14H,1-3,5,7-8,10,18H2/t12-,13+,14-/m0/s1. The molecule has 3 aliphatic rings. The first-order chi connectivity index (χ1) is 10.7. The Balaban J connectivity index is 1.54. The molecule has 3 atom stereocenters. The van der Waals surface area contributed by atoms with Gasteiger partial charge in [0, 0.05) is 18.5 Å². The zero-order valence-electron chi connectivity index (χ0n) is 12.7. The molecule has 1 amide bonds. The number of carbonyl (C=O) groups is 1. The number of nitrogens with zero attached hydrogens (tertiary/aromatic N) is 1. The molecule has 5 nitrogen and oxygen atoms in total. The van der Waals surface area contributed by atoms with Crippen molar-refractivity contribution in [3.05, 3.63) is 23.8 Å². The third-order valence-corrected chi connectivity index (χ3v) is 5.14. The van der Waals surface area contributed by atoms with Gasteiger partial charge in [0.25, 0.3) is 0 Å². The molecule has 1 saturated heterocycles. The van der Waals surface area contributed by atoms with Crippen LogP contribution in [0.2, 0.25) is 0 Å². The number of carbonyl (C=O) groups excluding carboxylic acids is 1. The number of benzene rings is 1. The van der Waals surface area contributed by atoms with Gasteiger partial charge in [-0.3, -0.25) is 4.79 Å². The maximum Gasteiger partial charge on any atom is 0.231 e. The van der Waals surface area contributed by atoms with Crippen LogP contribution >= 0.6 is 0 Å². The second-order valence-electron chi connectivity index (χ2n) is 6.57. The minimum atomic E-state index is 0.115. The van der Waals surface area contributed by atoms with Gasteiger partial charge in [-0.2, -0.15) is 0 Å². The second-order valence-corrected chi connectivity index (χ2v) is 6.57. The molecule has 0 spiro atoms. The first kappa shape index (κ1) is 13.9. The molecule has 2 fully saturated rings. The van der Waals surface area contributed by atoms with E-state index in [9.17, 15) is 4.79 Å². The number of nitrogens with two attached hydrogens (primary N) is 1. The van der Waals surface area contributed by atoms with E-state index >= 15 is 0 Å². The Morgan fingerprint density at radius 2 is 2.05 bits per heavy atom. The molecule has 0 unspecified atom stereocenters. The Kier molecular flexibility index (Phi) is 3.45. The molecule has 4 rings (SSSR count). The first-order valence-corrected chi connectivity index (χ1v) is 8.18. The normalized spacial score (nSPS) is 30.0. The fourth-order valence-electron chi connectivity index (χ4n) is 3.97. The van der Waals surface area contributed by atoms with Gasteiger partial charge in [0.2, 0.25) is 12.7 Å². The topological polar surface area (TPSA) is 64.8 Å². The van der Waals surface area contributed by atoms with Crippen molar-refractivity contribution in [1.29, 1.82) is 0 Å². The lowest BCUT2D eigenvalue weighted by Crippen LogP contribution is -2.35. The number of hydrogen-bond acceptors (Lipinski definition) is 4. The molecule has 2 N–H and O–H groups in total. The average molecular weight is 302 g/mol. The molecule has 1 aromatic carbocycles. The Bertz CT molecular complexity index is 589. The SMILES string of the molecule is N[C@@H]1CC[C@H](C(=O)N2CCC[C@H]2c2ccc3c(c2)OCO3)C1. The molecular weight excluding hydrogens is 280 g/mol. The van der Waals surface area contributed by atoms with Crippen LogP contribution in [0.4, 0.5) is 0 Å². The highest BCUT2D eigenvalue weighted by atomic mass is 16.7. The minimum absolute atomic E-state index is 0.115. The Labute approximate surface area is 130 Å². The fourth-order valence-corrected chi connectivity index (χ4v) is 3.97. The van der Waals surface area contributed by atoms with Crippen molar-refractivity contribution >= 4 is 5.91 Å². The van der Waals surface area contributed by atoms with Crippen molar-refractivity contribution in [2.75, 3.05) is 13.3 Å². The van der Waals surface area contributed by atoms with Gasteiger partial charge in [-0.1, -0.05) is 6.07 Å². The summed E-state index contributed by atoms with van der Waals surface area (Å²) in [5.41, 5.74) is 7.12. The number of likely N-dealkylation sites (tertiary alicyclic amines) is 1. The number of fused-ring (bicyclic) bond motifs is 1. The van der Waals surface area contributed by atoms with E-state index in [1.54, 1.807) is 0 Å². The number of amides is 1. The zero-order valence-corrected chi connectivity index (χ0v) is 12.7. The molecule has 118 valence electrons. The van der Waals surface area contributed by atoms with Gasteiger partial charge in [0.05, 0.1) is 6.04 Å². The number of ether oxygens (including phenoxy) is 2. The molecule has 1 aromatic rings. The molecule has 1 aliphatic carbocycles. The lowest BCUT2D eigenvalue weighted by Gasteiger charge is -2.28. The zero-order chi connectivity index (χ0) is 15.1. The predicted molar refractivity (Wildman–Crippen MR) is 81.6 cm³/mol. The summed E-state index contributed by atoms with van der Waals surface area (Å²) in [4.78, 5) is 14.9. The second kappa shape index (κ2) is 5.47. The lowest BCUT2D eigenvalue weighted by atomic mass is 10.0. The van der Waals surface area contributed by atoms with Crippen LogP contribution < -0.4 is 15.2 Å². The van der Waals surface area contributed by atoms with Crippen molar-refractivity contribution in [2.45, 2.75) is 44.2 Å². The van der Waals surface area contributed by atoms with Gasteiger partial charge in [0.15, 0.2) is 11.5 Å². The van der Waals surface area contributed by atoms with E-state index in [0.29, 0.717) is 0 Å². The van der Waals surface area contributed by atoms with Crippen LogP contribution in [0.5, 0.6) is 11.5 Å². The van der Waals surface area contributed by atoms with Crippen molar-refractivity contribution in [1.82, 2.24) is 4.90 Å². The highest BCUT2D eigenvalue weighted by Crippen LogP contribution is 2.40. The quantitative estimate of drug-likeness (QED) is 0.909. The Morgan fingerprint density at radius 1 is 1.18 bits per heavy atom. The average Bonchev–Trinajstić information content (AvgIpc) is 3.25. The van der Waals surface area contributed by atoms with Crippen LogP contribution in [0.15, 0.2) is 18.2 Å². The van der Waals surface area contributed by atoms with Crippen LogP contribution in [0.3, 0.4) is 0 Å². The van der Waals surface area contributed by atoms with Gasteiger partial charge in [-0.15, -0.1) is 0 Å². The van der Waals surface area contributed by atoms with E-state index in [1.807, 2.05) is 12.1 Å². The van der Waals surface area contributed by atoms with Gasteiger partial charge < -0.3 is 20.1 Å². The van der Waals surface area contributed by atoms with Crippen LogP contribution in [0, 0.1) is 5.92 Å². The Hall–Kier alpha value is -1.75.